The summed E-state index contributed by atoms with van der Waals surface area (Å²) < 4.78 is 0. The molecule has 5 N–H and O–H groups in total. The minimum absolute atomic E-state index is 0.269. The molecule has 0 bridgehead atoms. The van der Waals surface area contributed by atoms with Gasteiger partial charge in [-0.3, -0.25) is 0 Å². The highest BCUT2D eigenvalue weighted by atomic mass is 16.4. The SMILES string of the molecule is O=C(O)c1cccc(C(=O)O)c1O.O=C(O)c1cccc(C(=O)O)n1. The van der Waals surface area contributed by atoms with Crippen LogP contribution in [0.25, 0.3) is 0 Å². The Balaban J connectivity index is 0.000000251. The van der Waals surface area contributed by atoms with E-state index in [1.54, 1.807) is 0 Å². The Morgan fingerprint density at radius 1 is 0.640 bits per heavy atom. The third-order valence-electron chi connectivity index (χ3n) is 2.68. The van der Waals surface area contributed by atoms with E-state index in [4.69, 9.17) is 25.5 Å². The van der Waals surface area contributed by atoms with Crippen LogP contribution >= 0.6 is 0 Å². The lowest BCUT2D eigenvalue weighted by molar-refractivity contribution is 0.0666. The van der Waals surface area contributed by atoms with Gasteiger partial charge in [-0.2, -0.15) is 0 Å². The van der Waals surface area contributed by atoms with E-state index in [2.05, 4.69) is 4.98 Å². The molecule has 0 unspecified atom stereocenters. The first-order chi connectivity index (χ1) is 11.6. The number of aromatic carboxylic acids is 4. The summed E-state index contributed by atoms with van der Waals surface area (Å²) >= 11 is 0. The van der Waals surface area contributed by atoms with E-state index < -0.39 is 40.8 Å². The number of nitrogens with zero attached hydrogens (tertiary/aromatic N) is 1. The van der Waals surface area contributed by atoms with E-state index in [9.17, 15) is 19.2 Å². The van der Waals surface area contributed by atoms with Crippen LogP contribution in [-0.4, -0.2) is 54.4 Å². The number of benzene rings is 1. The molecular formula is C15H11NO9. The number of aromatic nitrogens is 1. The molecule has 2 rings (SSSR count). The second-order valence-corrected chi connectivity index (χ2v) is 4.33. The van der Waals surface area contributed by atoms with Gasteiger partial charge in [-0.05, 0) is 24.3 Å². The topological polar surface area (TPSA) is 182 Å². The average Bonchev–Trinajstić information content (AvgIpc) is 2.55. The zero-order valence-corrected chi connectivity index (χ0v) is 12.3. The summed E-state index contributed by atoms with van der Waals surface area (Å²) in [4.78, 5) is 44.9. The molecule has 10 heteroatoms. The monoisotopic (exact) mass is 349 g/mol. The lowest BCUT2D eigenvalue weighted by atomic mass is 10.1. The van der Waals surface area contributed by atoms with Crippen LogP contribution in [0.3, 0.4) is 0 Å². The van der Waals surface area contributed by atoms with Crippen LogP contribution in [0.15, 0.2) is 36.4 Å². The zero-order valence-electron chi connectivity index (χ0n) is 12.3. The van der Waals surface area contributed by atoms with Crippen molar-refractivity contribution in [2.24, 2.45) is 0 Å². The first kappa shape index (κ1) is 19.1. The number of carboxylic acid groups (broad SMARTS) is 4. The number of hydrogen-bond donors (Lipinski definition) is 5. The highest BCUT2D eigenvalue weighted by Gasteiger charge is 2.16. The Labute approximate surface area is 139 Å². The molecule has 10 nitrogen and oxygen atoms in total. The van der Waals surface area contributed by atoms with E-state index >= 15 is 0 Å². The molecule has 2 aromatic rings. The Kier molecular flexibility index (Phi) is 6.16. The van der Waals surface area contributed by atoms with Gasteiger partial charge in [0.15, 0.2) is 0 Å². The molecule has 0 saturated heterocycles. The molecule has 25 heavy (non-hydrogen) atoms. The van der Waals surface area contributed by atoms with Crippen LogP contribution in [-0.2, 0) is 0 Å². The van der Waals surface area contributed by atoms with Gasteiger partial charge in [-0.1, -0.05) is 12.1 Å². The summed E-state index contributed by atoms with van der Waals surface area (Å²) in [5.41, 5.74) is -1.37. The van der Waals surface area contributed by atoms with Crippen molar-refractivity contribution in [3.63, 3.8) is 0 Å². The summed E-state index contributed by atoms with van der Waals surface area (Å²) in [7, 11) is 0. The fourth-order valence-corrected chi connectivity index (χ4v) is 1.56. The largest absolute Gasteiger partial charge is 0.506 e. The molecule has 0 aliphatic carbocycles. The van der Waals surface area contributed by atoms with Crippen molar-refractivity contribution in [2.45, 2.75) is 0 Å². The summed E-state index contributed by atoms with van der Waals surface area (Å²) in [6, 6.07) is 7.31. The van der Waals surface area contributed by atoms with E-state index in [1.807, 2.05) is 0 Å². The van der Waals surface area contributed by atoms with Gasteiger partial charge in [0.05, 0.1) is 0 Å². The molecule has 0 amide bonds. The fourth-order valence-electron chi connectivity index (χ4n) is 1.56. The van der Waals surface area contributed by atoms with Gasteiger partial charge in [-0.15, -0.1) is 0 Å². The lowest BCUT2D eigenvalue weighted by Crippen LogP contribution is -2.06. The van der Waals surface area contributed by atoms with E-state index in [1.165, 1.54) is 24.3 Å². The van der Waals surface area contributed by atoms with Crippen molar-refractivity contribution >= 4 is 23.9 Å². The van der Waals surface area contributed by atoms with Crippen LogP contribution in [0.4, 0.5) is 0 Å². The molecule has 0 atom stereocenters. The second-order valence-electron chi connectivity index (χ2n) is 4.33. The van der Waals surface area contributed by atoms with Gasteiger partial charge in [0, 0.05) is 0 Å². The molecule has 0 fully saturated rings. The highest BCUT2D eigenvalue weighted by molar-refractivity contribution is 5.98. The number of pyridine rings is 1. The minimum Gasteiger partial charge on any atom is -0.506 e. The second kappa shape index (κ2) is 8.06. The van der Waals surface area contributed by atoms with E-state index in [0.717, 1.165) is 12.1 Å². The van der Waals surface area contributed by atoms with Crippen LogP contribution in [0, 0.1) is 0 Å². The van der Waals surface area contributed by atoms with Crippen LogP contribution in [0.5, 0.6) is 5.75 Å². The quantitative estimate of drug-likeness (QED) is 0.538. The molecule has 1 aromatic heterocycles. The molecule has 1 heterocycles. The van der Waals surface area contributed by atoms with Gasteiger partial charge in [0.2, 0.25) is 0 Å². The average molecular weight is 349 g/mol. The maximum Gasteiger partial charge on any atom is 0.354 e. The van der Waals surface area contributed by atoms with Gasteiger partial charge in [0.1, 0.15) is 28.3 Å². The molecule has 0 saturated carbocycles. The van der Waals surface area contributed by atoms with Crippen molar-refractivity contribution in [1.29, 1.82) is 0 Å². The molecule has 0 aliphatic rings. The Morgan fingerprint density at radius 3 is 1.32 bits per heavy atom. The van der Waals surface area contributed by atoms with Crippen LogP contribution < -0.4 is 0 Å². The van der Waals surface area contributed by atoms with E-state index in [0.29, 0.717) is 0 Å². The smallest absolute Gasteiger partial charge is 0.354 e. The van der Waals surface area contributed by atoms with Crippen LogP contribution in [0.1, 0.15) is 41.7 Å². The minimum atomic E-state index is -1.36. The lowest BCUT2D eigenvalue weighted by Gasteiger charge is -2.01. The summed E-state index contributed by atoms with van der Waals surface area (Å²) in [5.74, 6) is -5.92. The molecule has 130 valence electrons. The normalized spacial score (nSPS) is 9.44. The van der Waals surface area contributed by atoms with Crippen molar-refractivity contribution in [3.8, 4) is 5.75 Å². The first-order valence-corrected chi connectivity index (χ1v) is 6.37. The standard InChI is InChI=1S/C8H6O5.C7H5NO4/c9-6-4(7(10)11)2-1-3-5(6)8(12)13;9-6(10)4-2-1-3-5(8-4)7(11)12/h1-3,9H,(H,10,11)(H,12,13);1-3H,(H,9,10)(H,11,12). The van der Waals surface area contributed by atoms with E-state index in [-0.39, 0.29) is 11.4 Å². The Morgan fingerprint density at radius 2 is 1.00 bits per heavy atom. The highest BCUT2D eigenvalue weighted by Crippen LogP contribution is 2.21. The van der Waals surface area contributed by atoms with Gasteiger partial charge >= 0.3 is 23.9 Å². The summed E-state index contributed by atoms with van der Waals surface area (Å²) in [6.07, 6.45) is 0. The van der Waals surface area contributed by atoms with Crippen molar-refractivity contribution in [3.05, 3.63) is 58.9 Å². The number of phenols is 1. The Hall–Kier alpha value is -3.95. The summed E-state index contributed by atoms with van der Waals surface area (Å²) in [6.45, 7) is 0. The van der Waals surface area contributed by atoms with Crippen LogP contribution in [0.2, 0.25) is 0 Å². The third-order valence-corrected chi connectivity index (χ3v) is 2.68. The van der Waals surface area contributed by atoms with Gasteiger partial charge < -0.3 is 25.5 Å². The maximum absolute atomic E-state index is 10.4. The maximum atomic E-state index is 10.4. The number of rotatable bonds is 4. The number of carbonyl (C=O) groups is 4. The molecule has 1 aromatic carbocycles. The van der Waals surface area contributed by atoms with Crippen molar-refractivity contribution in [2.75, 3.05) is 0 Å². The number of hydrogen-bond acceptors (Lipinski definition) is 6. The summed E-state index contributed by atoms with van der Waals surface area (Å²) in [5, 5.41) is 43.1. The number of para-hydroxylation sites is 1. The zero-order chi connectivity index (χ0) is 19.1. The molecule has 0 aliphatic heterocycles. The Bertz CT molecular complexity index is 783. The molecule has 0 spiro atoms. The predicted molar refractivity (Wildman–Crippen MR) is 80.2 cm³/mol. The number of aromatic hydroxyl groups is 1. The third kappa shape index (κ3) is 5.03. The molecular weight excluding hydrogens is 338 g/mol. The van der Waals surface area contributed by atoms with Gasteiger partial charge in [-0.25, -0.2) is 24.2 Å². The van der Waals surface area contributed by atoms with Gasteiger partial charge in [0.25, 0.3) is 0 Å². The molecule has 0 radical (unpaired) electrons. The number of carboxylic acids is 4. The van der Waals surface area contributed by atoms with Crippen molar-refractivity contribution < 1.29 is 44.7 Å². The fraction of sp³-hybridized carbons (Fsp3) is 0. The first-order valence-electron chi connectivity index (χ1n) is 6.37. The van der Waals surface area contributed by atoms with Crippen molar-refractivity contribution in [1.82, 2.24) is 4.98 Å². The predicted octanol–water partition coefficient (Wildman–Crippen LogP) is 1.27.